The molecule has 7 fully saturated rings. The van der Waals surface area contributed by atoms with Crippen LogP contribution in [0.1, 0.15) is 130 Å². The zero-order chi connectivity index (χ0) is 103. The topological polar surface area (TPSA) is 376 Å². The Morgan fingerprint density at radius 1 is 0.295 bits per heavy atom. The first kappa shape index (κ1) is 103. The summed E-state index contributed by atoms with van der Waals surface area (Å²) in [6.07, 6.45) is 26.7. The van der Waals surface area contributed by atoms with Crippen molar-refractivity contribution >= 4 is 132 Å². The van der Waals surface area contributed by atoms with E-state index in [1.54, 1.807) is 69.0 Å². The molecule has 2 saturated carbocycles. The first-order valence-corrected chi connectivity index (χ1v) is 58.0. The Labute approximate surface area is 857 Å². The van der Waals surface area contributed by atoms with E-state index in [4.69, 9.17) is 0 Å². The van der Waals surface area contributed by atoms with Gasteiger partial charge in [0.2, 0.25) is 50.1 Å². The van der Waals surface area contributed by atoms with E-state index in [0.29, 0.717) is 71.9 Å². The van der Waals surface area contributed by atoms with E-state index in [1.807, 2.05) is 143 Å². The maximum absolute atomic E-state index is 12.6. The molecule has 30 nitrogen and oxygen atoms in total. The smallest absolute Gasteiger partial charge is 0.217 e. The van der Waals surface area contributed by atoms with Gasteiger partial charge < -0.3 is 26.6 Å². The maximum Gasteiger partial charge on any atom is 0.217 e. The second-order valence-corrected chi connectivity index (χ2v) is 51.2. The number of rotatable bonds is 26. The average Bonchev–Trinajstić information content (AvgIpc) is 1.43. The number of fused-ring (bicyclic) bond motifs is 5. The molecule has 5 aliphatic heterocycles. The Hall–Kier alpha value is -12.6. The van der Waals surface area contributed by atoms with Crippen LogP contribution in [0.5, 0.6) is 0 Å². The van der Waals surface area contributed by atoms with Crippen LogP contribution in [0.15, 0.2) is 220 Å². The molecule has 0 spiro atoms. The summed E-state index contributed by atoms with van der Waals surface area (Å²) < 4.78 is 131. The fourth-order valence-corrected chi connectivity index (χ4v) is 27.9. The van der Waals surface area contributed by atoms with Gasteiger partial charge in [-0.2, -0.15) is 17.2 Å². The molecule has 0 bridgehead atoms. The Bertz CT molecular complexity index is 7930. The minimum absolute atomic E-state index is 0.0980. The van der Waals surface area contributed by atoms with Crippen molar-refractivity contribution in [2.24, 2.45) is 0 Å². The van der Waals surface area contributed by atoms with Crippen molar-refractivity contribution in [3.63, 3.8) is 0 Å². The van der Waals surface area contributed by atoms with Crippen molar-refractivity contribution in [3.8, 4) is 55.6 Å². The summed E-state index contributed by atoms with van der Waals surface area (Å²) in [7, 11) is -15.6. The van der Waals surface area contributed by atoms with Crippen molar-refractivity contribution < 1.29 is 42.1 Å². The SMILES string of the molecule is CCCS(=O)(=O)N1CC(Nc2cc(-c3cc(C)nc(C)c3)cc3ccncc23)C1.CCS(=O)(=O)N1CC(Nc2cc(-c3cc(C)nc(C)c3)cc3ccncc23)C1.Cc1cc(-c2cc(NC3CN(S(=O)(=O)C4CC4)C3)c3cnccc3c2)cc(C)n1.Cc1cc(-c2cc(NC3CN(S(=O)(=O)C4CCC4)C3)c3cnccc3c2)cc(C)n1.Cc1ccc(-c2cc(NC3CCN(S(=O)(=O)C(C)C)CC3)c3cnccc3c2)cn1. The highest BCUT2D eigenvalue weighted by molar-refractivity contribution is 7.90. The molecule has 15 heterocycles. The molecule has 0 amide bonds. The lowest BCUT2D eigenvalue weighted by molar-refractivity contribution is 0.270. The van der Waals surface area contributed by atoms with Crippen LogP contribution in [0.3, 0.4) is 0 Å². The number of nitrogens with zero attached hydrogens (tertiary/aromatic N) is 15. The van der Waals surface area contributed by atoms with Gasteiger partial charge in [0.25, 0.3) is 0 Å². The molecule has 7 aliphatic rings. The lowest BCUT2D eigenvalue weighted by atomic mass is 9.99. The van der Waals surface area contributed by atoms with Crippen LogP contribution < -0.4 is 26.6 Å². The number of piperidine rings is 1. The highest BCUT2D eigenvalue weighted by atomic mass is 32.2. The number of sulfonamides is 5. The quantitative estimate of drug-likeness (QED) is 0.0336. The first-order chi connectivity index (χ1) is 69.8. The van der Waals surface area contributed by atoms with Gasteiger partial charge in [0.05, 0.1) is 51.4 Å². The average molecular weight is 2060 g/mol. The van der Waals surface area contributed by atoms with Gasteiger partial charge in [-0.15, -0.1) is 0 Å². The van der Waals surface area contributed by atoms with E-state index in [9.17, 15) is 42.1 Å². The predicted molar refractivity (Wildman–Crippen MR) is 588 cm³/mol. The molecular weight excluding hydrogens is 1930 g/mol. The van der Waals surface area contributed by atoms with Gasteiger partial charge in [-0.25, -0.2) is 46.4 Å². The summed E-state index contributed by atoms with van der Waals surface area (Å²) in [6, 6.07) is 53.0. The fourth-order valence-electron chi connectivity index (χ4n) is 19.7. The van der Waals surface area contributed by atoms with Crippen molar-refractivity contribution in [3.05, 3.63) is 271 Å². The van der Waals surface area contributed by atoms with E-state index in [0.717, 1.165) is 234 Å². The van der Waals surface area contributed by atoms with Crippen LogP contribution in [-0.4, -0.2) is 236 Å². The second kappa shape index (κ2) is 43.5. The van der Waals surface area contributed by atoms with Gasteiger partial charge in [0, 0.05) is 252 Å². The lowest BCUT2D eigenvalue weighted by Gasteiger charge is -2.42. The molecule has 35 heteroatoms. The summed E-state index contributed by atoms with van der Waals surface area (Å²) in [5.41, 5.74) is 25.0. The Balaban J connectivity index is 0.000000120. The molecule has 22 rings (SSSR count). The molecule has 0 unspecified atom stereocenters. The van der Waals surface area contributed by atoms with Gasteiger partial charge in [0.1, 0.15) is 0 Å². The fraction of sp³-hybridized carbons (Fsp3) is 0.369. The number of hydrogen-bond donors (Lipinski definition) is 5. The third kappa shape index (κ3) is 23.8. The maximum atomic E-state index is 12.6. The van der Waals surface area contributed by atoms with E-state index >= 15 is 0 Å². The number of hydrogen-bond acceptors (Lipinski definition) is 25. The van der Waals surface area contributed by atoms with E-state index < -0.39 is 50.1 Å². The first-order valence-electron chi connectivity index (χ1n) is 50.3. The van der Waals surface area contributed by atoms with E-state index in [2.05, 4.69) is 192 Å². The minimum Gasteiger partial charge on any atom is -0.382 e. The van der Waals surface area contributed by atoms with E-state index in [-0.39, 0.29) is 57.5 Å². The molecule has 5 aromatic carbocycles. The van der Waals surface area contributed by atoms with Crippen molar-refractivity contribution in [1.82, 2.24) is 71.4 Å². The Morgan fingerprint density at radius 3 is 0.829 bits per heavy atom. The highest BCUT2D eigenvalue weighted by Gasteiger charge is 2.46. The highest BCUT2D eigenvalue weighted by Crippen LogP contribution is 2.42. The van der Waals surface area contributed by atoms with Crippen LogP contribution in [0.2, 0.25) is 0 Å². The molecule has 2 aliphatic carbocycles. The molecule has 5 N–H and O–H groups in total. The standard InChI is InChI=1S/C23H26N4O2S.C23H28N4O2S.C22H24N4O2S.C22H26N4O2S.C21H24N4O2S/c1-15-8-18(9-16(2)25-15)19-10-17-6-7-24-12-22(17)23(11-19)26-20-13-27(14-20)30(28,29)21-4-3-5-21;1-16(2)30(28,29)27-10-7-21(8-11-27)26-23-13-20(19-5-4-17(3)25-14-19)12-18-6-9-24-15-22(18)23;1-14-7-17(8-15(2)24-14)18-9-16-5-6-23-11-21(16)22(10-18)25-19-12-26(13-19)29(27,28)20-3-4-20;1-4-7-29(27,28)26-13-20(14-26)25-22-11-19(10-17-5-6-23-12-21(17)22)18-8-15(2)24-16(3)9-18;1-4-28(26,27)25-12-19(13-25)24-21-10-18(9-16-5-6-22-11-20(16)21)17-7-14(2)23-15(3)8-17/h6-12,20-21,26H,3-5,13-14H2,1-2H3;4-6,9,12-16,21,26H,7-8,10-11H2,1-3H3;5-11,19-20,25H,3-4,12-13H2,1-2H3;5-6,8-12,20,25H,4,7,13-14H2,1-3H3;5-11,19,24H,4,12-13H2,1-3H3. The predicted octanol–water partition coefficient (Wildman–Crippen LogP) is 18.7. The molecule has 10 aromatic heterocycles. The molecule has 762 valence electrons. The van der Waals surface area contributed by atoms with E-state index in [1.165, 1.54) is 4.31 Å². The summed E-state index contributed by atoms with van der Waals surface area (Å²) in [5, 5.41) is 27.9. The number of aryl methyl sites for hydroxylation is 9. The van der Waals surface area contributed by atoms with Gasteiger partial charge in [-0.3, -0.25) is 49.8 Å². The zero-order valence-corrected chi connectivity index (χ0v) is 89.0. The number of benzene rings is 5. The normalized spacial score (nSPS) is 16.7. The van der Waals surface area contributed by atoms with Gasteiger partial charge in [-0.1, -0.05) is 19.4 Å². The van der Waals surface area contributed by atoms with Crippen molar-refractivity contribution in [1.29, 1.82) is 0 Å². The molecular formula is C111H128N20O10S5. The molecule has 0 atom stereocenters. The van der Waals surface area contributed by atoms with Gasteiger partial charge in [0.15, 0.2) is 0 Å². The Morgan fingerprint density at radius 2 is 0.568 bits per heavy atom. The Kier molecular flexibility index (Phi) is 30.8. The van der Waals surface area contributed by atoms with Crippen LogP contribution in [0, 0.1) is 62.3 Å². The summed E-state index contributed by atoms with van der Waals surface area (Å²) in [5.74, 6) is 0.353. The van der Waals surface area contributed by atoms with Crippen LogP contribution in [-0.2, 0) is 50.1 Å². The van der Waals surface area contributed by atoms with Crippen molar-refractivity contribution in [2.45, 2.75) is 187 Å². The third-order valence-corrected chi connectivity index (χ3v) is 38.8. The lowest BCUT2D eigenvalue weighted by Crippen LogP contribution is -2.59. The molecule has 15 aromatic rings. The molecule has 5 saturated heterocycles. The van der Waals surface area contributed by atoms with Crippen molar-refractivity contribution in [2.75, 3.05) is 104 Å². The summed E-state index contributed by atoms with van der Waals surface area (Å²) >= 11 is 0. The van der Waals surface area contributed by atoms with Crippen LogP contribution in [0.4, 0.5) is 28.4 Å². The zero-order valence-electron chi connectivity index (χ0n) is 84.9. The molecule has 0 radical (unpaired) electrons. The third-order valence-electron chi connectivity index (χ3n) is 28.0. The largest absolute Gasteiger partial charge is 0.382 e. The summed E-state index contributed by atoms with van der Waals surface area (Å²) in [4.78, 5) is 43.8. The number of pyridine rings is 10. The number of aromatic nitrogens is 10. The van der Waals surface area contributed by atoms with Gasteiger partial charge in [-0.05, 0) is 351 Å². The number of nitrogens with one attached hydrogen (secondary N) is 5. The monoisotopic (exact) mass is 2060 g/mol. The minimum atomic E-state index is -3.19. The molecule has 146 heavy (non-hydrogen) atoms. The van der Waals surface area contributed by atoms with Crippen LogP contribution >= 0.6 is 0 Å². The van der Waals surface area contributed by atoms with Crippen LogP contribution in [0.25, 0.3) is 109 Å². The second-order valence-electron chi connectivity index (χ2n) is 39.9. The van der Waals surface area contributed by atoms with Gasteiger partial charge >= 0.3 is 0 Å². The summed E-state index contributed by atoms with van der Waals surface area (Å²) in [6.45, 7) is 30.2. The number of anilines is 5.